The number of rotatable bonds is 3. The van der Waals surface area contributed by atoms with E-state index in [2.05, 4.69) is 10.6 Å². The number of hydrogen-bond acceptors (Lipinski definition) is 4. The molecule has 0 bridgehead atoms. The normalized spacial score (nSPS) is 26.8. The van der Waals surface area contributed by atoms with Crippen molar-refractivity contribution in [1.82, 2.24) is 5.32 Å². The molecule has 1 aliphatic rings. The average Bonchev–Trinajstić information content (AvgIpc) is 2.90. The van der Waals surface area contributed by atoms with Crippen LogP contribution in [0.25, 0.3) is 0 Å². The molecule has 2 amide bonds. The Morgan fingerprint density at radius 2 is 2.39 bits per heavy atom. The number of urea groups is 1. The second kappa shape index (κ2) is 4.95. The van der Waals surface area contributed by atoms with Gasteiger partial charge in [0.25, 0.3) is 0 Å². The van der Waals surface area contributed by atoms with Gasteiger partial charge < -0.3 is 20.5 Å². The summed E-state index contributed by atoms with van der Waals surface area (Å²) >= 11 is 1.47. The fourth-order valence-electron chi connectivity index (χ4n) is 1.75. The van der Waals surface area contributed by atoms with E-state index in [1.807, 2.05) is 5.38 Å². The number of amides is 2. The van der Waals surface area contributed by atoms with Gasteiger partial charge in [0, 0.05) is 5.38 Å². The Morgan fingerprint density at radius 1 is 1.61 bits per heavy atom. The molecule has 2 heterocycles. The van der Waals surface area contributed by atoms with E-state index in [1.165, 1.54) is 11.3 Å². The Balaban J connectivity index is 1.96. The molecule has 6 nitrogen and oxygen atoms in total. The highest BCUT2D eigenvalue weighted by Crippen LogP contribution is 2.28. The maximum Gasteiger partial charge on any atom is 0.319 e. The van der Waals surface area contributed by atoms with Crippen LogP contribution in [0.2, 0.25) is 0 Å². The van der Waals surface area contributed by atoms with Crippen LogP contribution >= 0.6 is 11.3 Å². The average molecular weight is 270 g/mol. The number of thiophene rings is 1. The van der Waals surface area contributed by atoms with Crippen molar-refractivity contribution in [2.75, 3.05) is 18.5 Å². The van der Waals surface area contributed by atoms with Gasteiger partial charge in [-0.25, -0.2) is 4.79 Å². The van der Waals surface area contributed by atoms with Crippen LogP contribution in [0.4, 0.5) is 10.5 Å². The van der Waals surface area contributed by atoms with Crippen molar-refractivity contribution in [3.05, 3.63) is 16.8 Å². The lowest BCUT2D eigenvalue weighted by Crippen LogP contribution is -2.50. The van der Waals surface area contributed by atoms with E-state index < -0.39 is 23.5 Å². The van der Waals surface area contributed by atoms with Crippen molar-refractivity contribution in [1.29, 1.82) is 0 Å². The predicted octanol–water partition coefficient (Wildman–Crippen LogP) is 1.36. The Morgan fingerprint density at radius 3 is 3.00 bits per heavy atom. The van der Waals surface area contributed by atoms with E-state index in [1.54, 1.807) is 18.4 Å². The van der Waals surface area contributed by atoms with Gasteiger partial charge in [-0.3, -0.25) is 4.79 Å². The minimum Gasteiger partial charge on any atom is -0.481 e. The monoisotopic (exact) mass is 270 g/mol. The highest BCUT2D eigenvalue weighted by molar-refractivity contribution is 7.08. The molecule has 0 aromatic carbocycles. The third-order valence-electron chi connectivity index (χ3n) is 3.03. The first-order valence-corrected chi connectivity index (χ1v) is 6.37. The van der Waals surface area contributed by atoms with Gasteiger partial charge in [0.2, 0.25) is 0 Å². The van der Waals surface area contributed by atoms with Gasteiger partial charge in [0.1, 0.15) is 5.41 Å². The SMILES string of the molecule is CC1(C(=O)O)COCC1NC(=O)Nc1ccsc1. The van der Waals surface area contributed by atoms with Gasteiger partial charge in [0.15, 0.2) is 0 Å². The summed E-state index contributed by atoms with van der Waals surface area (Å²) in [6, 6.07) is 0.816. The second-order valence-corrected chi connectivity index (χ2v) is 5.18. The largest absolute Gasteiger partial charge is 0.481 e. The van der Waals surface area contributed by atoms with Crippen molar-refractivity contribution in [3.8, 4) is 0 Å². The number of aliphatic carboxylic acids is 1. The van der Waals surface area contributed by atoms with Crippen LogP contribution in [-0.4, -0.2) is 36.4 Å². The summed E-state index contributed by atoms with van der Waals surface area (Å²) in [4.78, 5) is 22.9. The Bertz CT molecular complexity index is 448. The maximum atomic E-state index is 11.7. The van der Waals surface area contributed by atoms with E-state index in [0.717, 1.165) is 0 Å². The third-order valence-corrected chi connectivity index (χ3v) is 3.71. The van der Waals surface area contributed by atoms with Crippen LogP contribution < -0.4 is 10.6 Å². The van der Waals surface area contributed by atoms with Gasteiger partial charge in [-0.05, 0) is 18.4 Å². The molecule has 0 radical (unpaired) electrons. The molecule has 1 aromatic heterocycles. The molecule has 2 rings (SSSR count). The van der Waals surface area contributed by atoms with Crippen molar-refractivity contribution in [3.63, 3.8) is 0 Å². The van der Waals surface area contributed by atoms with E-state index >= 15 is 0 Å². The summed E-state index contributed by atoms with van der Waals surface area (Å²) in [6.45, 7) is 1.88. The molecule has 98 valence electrons. The lowest BCUT2D eigenvalue weighted by atomic mass is 9.85. The molecular weight excluding hydrogens is 256 g/mol. The van der Waals surface area contributed by atoms with Crippen molar-refractivity contribution < 1.29 is 19.4 Å². The standard InChI is InChI=1S/C11H14N2O4S/c1-11(9(14)15)6-17-4-8(11)13-10(16)12-7-2-3-18-5-7/h2-3,5,8H,4,6H2,1H3,(H,14,15)(H2,12,13,16). The lowest BCUT2D eigenvalue weighted by molar-refractivity contribution is -0.148. The number of carbonyl (C=O) groups is 2. The first-order valence-electron chi connectivity index (χ1n) is 5.43. The van der Waals surface area contributed by atoms with E-state index in [-0.39, 0.29) is 13.2 Å². The molecule has 1 saturated heterocycles. The van der Waals surface area contributed by atoms with E-state index in [4.69, 9.17) is 9.84 Å². The summed E-state index contributed by atoms with van der Waals surface area (Å²) in [5.74, 6) is -0.971. The van der Waals surface area contributed by atoms with Gasteiger partial charge in [-0.2, -0.15) is 11.3 Å². The Hall–Kier alpha value is -1.60. The summed E-state index contributed by atoms with van der Waals surface area (Å²) in [5.41, 5.74) is -0.389. The number of anilines is 1. The zero-order valence-electron chi connectivity index (χ0n) is 9.80. The molecule has 1 aliphatic heterocycles. The van der Waals surface area contributed by atoms with Crippen LogP contribution in [-0.2, 0) is 9.53 Å². The van der Waals surface area contributed by atoms with Crippen LogP contribution in [0.1, 0.15) is 6.92 Å². The summed E-state index contributed by atoms with van der Waals surface area (Å²) < 4.78 is 5.15. The van der Waals surface area contributed by atoms with Crippen LogP contribution in [0.15, 0.2) is 16.8 Å². The molecule has 0 saturated carbocycles. The molecule has 0 aliphatic carbocycles. The fraction of sp³-hybridized carbons (Fsp3) is 0.455. The van der Waals surface area contributed by atoms with Gasteiger partial charge in [0.05, 0.1) is 24.9 Å². The highest BCUT2D eigenvalue weighted by Gasteiger charge is 2.47. The number of nitrogens with one attached hydrogen (secondary N) is 2. The first-order chi connectivity index (χ1) is 8.52. The first kappa shape index (κ1) is 12.8. The molecule has 1 aromatic rings. The third kappa shape index (κ3) is 2.46. The molecular formula is C11H14N2O4S. The molecule has 1 fully saturated rings. The van der Waals surface area contributed by atoms with Gasteiger partial charge >= 0.3 is 12.0 Å². The van der Waals surface area contributed by atoms with Gasteiger partial charge in [-0.15, -0.1) is 0 Å². The topological polar surface area (TPSA) is 87.7 Å². The van der Waals surface area contributed by atoms with Gasteiger partial charge in [-0.1, -0.05) is 0 Å². The number of ether oxygens (including phenoxy) is 1. The lowest BCUT2D eigenvalue weighted by Gasteiger charge is -2.25. The van der Waals surface area contributed by atoms with Crippen molar-refractivity contribution >= 4 is 29.0 Å². The molecule has 2 unspecified atom stereocenters. The Kier molecular flexibility index (Phi) is 3.53. The predicted molar refractivity (Wildman–Crippen MR) is 66.8 cm³/mol. The Labute approximate surface area is 108 Å². The molecule has 7 heteroatoms. The maximum absolute atomic E-state index is 11.7. The highest BCUT2D eigenvalue weighted by atomic mass is 32.1. The second-order valence-electron chi connectivity index (χ2n) is 4.40. The van der Waals surface area contributed by atoms with Crippen molar-refractivity contribution in [2.24, 2.45) is 5.41 Å². The molecule has 0 spiro atoms. The number of carboxylic acid groups (broad SMARTS) is 1. The van der Waals surface area contributed by atoms with E-state index in [0.29, 0.717) is 5.69 Å². The minimum atomic E-state index is -1.08. The summed E-state index contributed by atoms with van der Waals surface area (Å²) in [7, 11) is 0. The van der Waals surface area contributed by atoms with E-state index in [9.17, 15) is 9.59 Å². The summed E-state index contributed by atoms with van der Waals surface area (Å²) in [5, 5.41) is 18.1. The van der Waals surface area contributed by atoms with Crippen LogP contribution in [0.3, 0.4) is 0 Å². The quantitative estimate of drug-likeness (QED) is 0.774. The molecule has 18 heavy (non-hydrogen) atoms. The zero-order valence-corrected chi connectivity index (χ0v) is 10.6. The zero-order chi connectivity index (χ0) is 13.2. The summed E-state index contributed by atoms with van der Waals surface area (Å²) in [6.07, 6.45) is 0. The molecule has 2 atom stereocenters. The smallest absolute Gasteiger partial charge is 0.319 e. The number of carbonyl (C=O) groups excluding carboxylic acids is 1. The van der Waals surface area contributed by atoms with Crippen molar-refractivity contribution in [2.45, 2.75) is 13.0 Å². The number of hydrogen-bond donors (Lipinski definition) is 3. The number of carboxylic acids is 1. The molecule has 3 N–H and O–H groups in total. The minimum absolute atomic E-state index is 0.103. The fourth-order valence-corrected chi connectivity index (χ4v) is 2.33. The van der Waals surface area contributed by atoms with Crippen LogP contribution in [0, 0.1) is 5.41 Å². The van der Waals surface area contributed by atoms with Crippen LogP contribution in [0.5, 0.6) is 0 Å².